The Bertz CT molecular complexity index is 667. The lowest BCUT2D eigenvalue weighted by Gasteiger charge is -2.29. The molecule has 1 saturated carbocycles. The molecule has 25 heavy (non-hydrogen) atoms. The molecule has 2 atom stereocenters. The van der Waals surface area contributed by atoms with Crippen molar-refractivity contribution in [1.29, 1.82) is 0 Å². The number of imide groups is 1. The first kappa shape index (κ1) is 19.0. The molecular formula is C16H20ClN3O5. The fourth-order valence-corrected chi connectivity index (χ4v) is 2.99. The fourth-order valence-electron chi connectivity index (χ4n) is 2.76. The summed E-state index contributed by atoms with van der Waals surface area (Å²) in [5.74, 6) is -0.121. The van der Waals surface area contributed by atoms with Crippen molar-refractivity contribution >= 4 is 29.2 Å². The van der Waals surface area contributed by atoms with E-state index in [1.807, 2.05) is 0 Å². The first-order valence-electron chi connectivity index (χ1n) is 8.04. The third kappa shape index (κ3) is 5.60. The lowest BCUT2D eigenvalue weighted by Crippen LogP contribution is -2.48. The van der Waals surface area contributed by atoms with Gasteiger partial charge in [-0.05, 0) is 24.8 Å². The van der Waals surface area contributed by atoms with Crippen LogP contribution in [-0.2, 0) is 4.79 Å². The molecule has 2 rings (SSSR count). The highest BCUT2D eigenvalue weighted by Crippen LogP contribution is 2.28. The molecule has 3 amide bonds. The number of rotatable bonds is 5. The zero-order valence-corrected chi connectivity index (χ0v) is 14.5. The number of benzene rings is 1. The zero-order chi connectivity index (χ0) is 18.4. The number of nitro groups is 1. The molecule has 1 aromatic rings. The lowest BCUT2D eigenvalue weighted by atomic mass is 9.86. The Balaban J connectivity index is 1.80. The van der Waals surface area contributed by atoms with Gasteiger partial charge in [0.05, 0.1) is 9.95 Å². The van der Waals surface area contributed by atoms with E-state index >= 15 is 0 Å². The highest BCUT2D eigenvalue weighted by molar-refractivity contribution is 6.32. The standard InChI is InChI=1S/C16H20ClN3O5/c1-10-4-2-3-5-13(10)18-16(22)19-15(21)9-25-14-7-6-11(20(23)24)8-12(14)17/h6-8,10,13H,2-5,9H2,1H3,(H2,18,19,21,22)/t10-,13+/m1/s1. The van der Waals surface area contributed by atoms with Gasteiger partial charge >= 0.3 is 6.03 Å². The maximum absolute atomic E-state index is 11.9. The van der Waals surface area contributed by atoms with Gasteiger partial charge in [0.25, 0.3) is 11.6 Å². The monoisotopic (exact) mass is 369 g/mol. The van der Waals surface area contributed by atoms with Crippen LogP contribution in [0.5, 0.6) is 5.75 Å². The number of nitrogens with zero attached hydrogens (tertiary/aromatic N) is 1. The van der Waals surface area contributed by atoms with Crippen molar-refractivity contribution in [3.05, 3.63) is 33.3 Å². The van der Waals surface area contributed by atoms with Crippen molar-refractivity contribution in [2.45, 2.75) is 38.6 Å². The highest BCUT2D eigenvalue weighted by Gasteiger charge is 2.23. The lowest BCUT2D eigenvalue weighted by molar-refractivity contribution is -0.384. The van der Waals surface area contributed by atoms with E-state index in [1.165, 1.54) is 12.1 Å². The number of halogens is 1. The molecule has 9 heteroatoms. The topological polar surface area (TPSA) is 111 Å². The smallest absolute Gasteiger partial charge is 0.321 e. The molecule has 2 N–H and O–H groups in total. The Morgan fingerprint density at radius 1 is 1.36 bits per heavy atom. The molecule has 1 aromatic carbocycles. The number of carbonyl (C=O) groups is 2. The van der Waals surface area contributed by atoms with E-state index in [-0.39, 0.29) is 22.5 Å². The quantitative estimate of drug-likeness (QED) is 0.612. The average molecular weight is 370 g/mol. The van der Waals surface area contributed by atoms with E-state index in [1.54, 1.807) is 0 Å². The largest absolute Gasteiger partial charge is 0.482 e. The highest BCUT2D eigenvalue weighted by atomic mass is 35.5. The summed E-state index contributed by atoms with van der Waals surface area (Å²) < 4.78 is 5.20. The number of hydrogen-bond donors (Lipinski definition) is 2. The molecule has 8 nitrogen and oxygen atoms in total. The minimum absolute atomic E-state index is 0.0162. The summed E-state index contributed by atoms with van der Waals surface area (Å²) in [6, 6.07) is 3.16. The van der Waals surface area contributed by atoms with Gasteiger partial charge in [0.2, 0.25) is 0 Å². The number of hydrogen-bond acceptors (Lipinski definition) is 5. The summed E-state index contributed by atoms with van der Waals surface area (Å²) in [4.78, 5) is 33.7. The van der Waals surface area contributed by atoms with Crippen LogP contribution in [-0.4, -0.2) is 29.5 Å². The molecule has 0 radical (unpaired) electrons. The summed E-state index contributed by atoms with van der Waals surface area (Å²) in [7, 11) is 0. The number of non-ortho nitro benzene ring substituents is 1. The van der Waals surface area contributed by atoms with Gasteiger partial charge in [0.15, 0.2) is 6.61 Å². The van der Waals surface area contributed by atoms with Crippen LogP contribution in [0.2, 0.25) is 5.02 Å². The Morgan fingerprint density at radius 2 is 2.08 bits per heavy atom. The molecule has 1 aliphatic carbocycles. The summed E-state index contributed by atoms with van der Waals surface area (Å²) >= 11 is 5.87. The summed E-state index contributed by atoms with van der Waals surface area (Å²) in [5, 5.41) is 15.7. The van der Waals surface area contributed by atoms with Crippen LogP contribution < -0.4 is 15.4 Å². The summed E-state index contributed by atoms with van der Waals surface area (Å²) in [5.41, 5.74) is -0.178. The molecule has 136 valence electrons. The maximum Gasteiger partial charge on any atom is 0.321 e. The van der Waals surface area contributed by atoms with Gasteiger partial charge in [-0.3, -0.25) is 20.2 Å². The second kappa shape index (κ2) is 8.66. The van der Waals surface area contributed by atoms with E-state index < -0.39 is 23.5 Å². The molecule has 0 aromatic heterocycles. The van der Waals surface area contributed by atoms with Gasteiger partial charge in [-0.15, -0.1) is 0 Å². The van der Waals surface area contributed by atoms with Crippen LogP contribution >= 0.6 is 11.6 Å². The Morgan fingerprint density at radius 3 is 2.72 bits per heavy atom. The van der Waals surface area contributed by atoms with Crippen molar-refractivity contribution in [2.75, 3.05) is 6.61 Å². The van der Waals surface area contributed by atoms with Gasteiger partial charge in [-0.2, -0.15) is 0 Å². The van der Waals surface area contributed by atoms with Crippen LogP contribution in [0.15, 0.2) is 18.2 Å². The van der Waals surface area contributed by atoms with Crippen molar-refractivity contribution in [2.24, 2.45) is 5.92 Å². The van der Waals surface area contributed by atoms with E-state index in [0.29, 0.717) is 5.92 Å². The van der Waals surface area contributed by atoms with Crippen LogP contribution in [0.3, 0.4) is 0 Å². The van der Waals surface area contributed by atoms with Crippen molar-refractivity contribution < 1.29 is 19.2 Å². The molecule has 0 heterocycles. The van der Waals surface area contributed by atoms with Crippen LogP contribution in [0.1, 0.15) is 32.6 Å². The van der Waals surface area contributed by atoms with Crippen molar-refractivity contribution in [1.82, 2.24) is 10.6 Å². The minimum atomic E-state index is -0.629. The number of nitro benzene ring substituents is 1. The van der Waals surface area contributed by atoms with Crippen molar-refractivity contribution in [3.63, 3.8) is 0 Å². The molecule has 1 fully saturated rings. The molecule has 0 bridgehead atoms. The van der Waals surface area contributed by atoms with E-state index in [2.05, 4.69) is 17.6 Å². The number of ether oxygens (including phenoxy) is 1. The van der Waals surface area contributed by atoms with E-state index in [0.717, 1.165) is 31.7 Å². The average Bonchev–Trinajstić information content (AvgIpc) is 2.55. The second-order valence-corrected chi connectivity index (χ2v) is 6.46. The molecule has 1 aliphatic rings. The summed E-state index contributed by atoms with van der Waals surface area (Å²) in [6.45, 7) is 1.65. The molecule has 0 unspecified atom stereocenters. The van der Waals surface area contributed by atoms with Gasteiger partial charge < -0.3 is 10.1 Å². The molecule has 0 aliphatic heterocycles. The van der Waals surface area contributed by atoms with Crippen LogP contribution in [0, 0.1) is 16.0 Å². The minimum Gasteiger partial charge on any atom is -0.482 e. The Labute approximate surface area is 150 Å². The van der Waals surface area contributed by atoms with Gasteiger partial charge in [0.1, 0.15) is 5.75 Å². The maximum atomic E-state index is 11.9. The predicted octanol–water partition coefficient (Wildman–Crippen LogP) is 3.03. The normalized spacial score (nSPS) is 19.8. The number of carbonyl (C=O) groups excluding carboxylic acids is 2. The Kier molecular flexibility index (Phi) is 6.58. The summed E-state index contributed by atoms with van der Waals surface area (Å²) in [6.07, 6.45) is 4.17. The predicted molar refractivity (Wildman–Crippen MR) is 91.7 cm³/mol. The van der Waals surface area contributed by atoms with Crippen LogP contribution in [0.25, 0.3) is 0 Å². The van der Waals surface area contributed by atoms with Crippen LogP contribution in [0.4, 0.5) is 10.5 Å². The third-order valence-corrected chi connectivity index (χ3v) is 4.46. The van der Waals surface area contributed by atoms with E-state index in [4.69, 9.17) is 16.3 Å². The van der Waals surface area contributed by atoms with E-state index in [9.17, 15) is 19.7 Å². The molecule has 0 spiro atoms. The van der Waals surface area contributed by atoms with Gasteiger partial charge in [-0.25, -0.2) is 4.79 Å². The first-order valence-corrected chi connectivity index (χ1v) is 8.41. The van der Waals surface area contributed by atoms with Crippen molar-refractivity contribution in [3.8, 4) is 5.75 Å². The zero-order valence-electron chi connectivity index (χ0n) is 13.8. The number of nitrogens with one attached hydrogen (secondary N) is 2. The third-order valence-electron chi connectivity index (χ3n) is 4.17. The second-order valence-electron chi connectivity index (χ2n) is 6.05. The SMILES string of the molecule is C[C@@H]1CCCC[C@@H]1NC(=O)NC(=O)COc1ccc([N+](=O)[O-])cc1Cl. The molecular weight excluding hydrogens is 350 g/mol. The van der Waals surface area contributed by atoms with Gasteiger partial charge in [0, 0.05) is 18.2 Å². The van der Waals surface area contributed by atoms with Gasteiger partial charge in [-0.1, -0.05) is 31.4 Å². The number of urea groups is 1. The molecule has 0 saturated heterocycles. The number of amides is 3. The Hall–Kier alpha value is -2.35. The first-order chi connectivity index (χ1) is 11.9. The fraction of sp³-hybridized carbons (Fsp3) is 0.500.